The third-order valence-corrected chi connectivity index (χ3v) is 0.934. The van der Waals surface area contributed by atoms with Crippen LogP contribution >= 0.6 is 0 Å². The van der Waals surface area contributed by atoms with Crippen LogP contribution in [0.5, 0.6) is 5.75 Å². The van der Waals surface area contributed by atoms with Crippen LogP contribution in [-0.2, 0) is 0 Å². The third-order valence-electron chi connectivity index (χ3n) is 0.934. The zero-order valence-corrected chi connectivity index (χ0v) is 4.59. The van der Waals surface area contributed by atoms with Gasteiger partial charge in [-0.1, -0.05) is 0 Å². The zero-order valence-electron chi connectivity index (χ0n) is 4.59. The van der Waals surface area contributed by atoms with Crippen molar-refractivity contribution in [1.29, 1.82) is 0 Å². The van der Waals surface area contributed by atoms with Crippen molar-refractivity contribution < 1.29 is 5.11 Å². The van der Waals surface area contributed by atoms with Gasteiger partial charge in [0.25, 0.3) is 0 Å². The SMILES string of the molecule is Nc1cc(=O)[nH]cc1O. The molecule has 0 aliphatic carbocycles. The minimum atomic E-state index is -0.315. The fourth-order valence-electron chi connectivity index (χ4n) is 0.480. The highest BCUT2D eigenvalue weighted by molar-refractivity contribution is 5.48. The van der Waals surface area contributed by atoms with Crippen molar-refractivity contribution in [3.05, 3.63) is 22.6 Å². The number of nitrogens with two attached hydrogens (primary N) is 1. The van der Waals surface area contributed by atoms with Gasteiger partial charge in [-0.25, -0.2) is 0 Å². The van der Waals surface area contributed by atoms with Crippen LogP contribution in [0.4, 0.5) is 5.69 Å². The van der Waals surface area contributed by atoms with Crippen molar-refractivity contribution in [2.75, 3.05) is 5.73 Å². The molecule has 0 saturated heterocycles. The van der Waals surface area contributed by atoms with Crippen LogP contribution in [0, 0.1) is 0 Å². The quantitative estimate of drug-likeness (QED) is 0.445. The largest absolute Gasteiger partial charge is 0.504 e. The van der Waals surface area contributed by atoms with Crippen LogP contribution in [0.2, 0.25) is 0 Å². The third kappa shape index (κ3) is 1.02. The highest BCUT2D eigenvalue weighted by Crippen LogP contribution is 2.12. The Morgan fingerprint density at radius 1 is 1.67 bits per heavy atom. The number of aromatic hydroxyl groups is 1. The fourth-order valence-corrected chi connectivity index (χ4v) is 0.480. The molecule has 1 heterocycles. The van der Waals surface area contributed by atoms with Gasteiger partial charge in [-0.05, 0) is 0 Å². The Balaban J connectivity index is 3.34. The fraction of sp³-hybridized carbons (Fsp3) is 0. The predicted molar refractivity (Wildman–Crippen MR) is 33.1 cm³/mol. The Morgan fingerprint density at radius 2 is 2.33 bits per heavy atom. The molecule has 0 amide bonds. The van der Waals surface area contributed by atoms with Gasteiger partial charge in [0.05, 0.1) is 5.69 Å². The molecule has 9 heavy (non-hydrogen) atoms. The second-order valence-corrected chi connectivity index (χ2v) is 1.64. The Bertz CT molecular complexity index is 266. The minimum absolute atomic E-state index is 0.0961. The minimum Gasteiger partial charge on any atom is -0.504 e. The van der Waals surface area contributed by atoms with Crippen molar-refractivity contribution in [2.45, 2.75) is 0 Å². The molecule has 4 N–H and O–H groups in total. The summed E-state index contributed by atoms with van der Waals surface area (Å²) in [6, 6.07) is 1.12. The molecule has 0 aliphatic rings. The number of nitrogen functional groups attached to an aromatic ring is 1. The van der Waals surface area contributed by atoms with Gasteiger partial charge in [-0.2, -0.15) is 0 Å². The molecule has 0 atom stereocenters. The van der Waals surface area contributed by atoms with E-state index in [9.17, 15) is 4.79 Å². The second kappa shape index (κ2) is 1.81. The predicted octanol–water partition coefficient (Wildman–Crippen LogP) is -0.337. The highest BCUT2D eigenvalue weighted by atomic mass is 16.3. The van der Waals surface area contributed by atoms with Gasteiger partial charge >= 0.3 is 0 Å². The van der Waals surface area contributed by atoms with E-state index in [1.165, 1.54) is 0 Å². The number of hydrogen-bond acceptors (Lipinski definition) is 3. The van der Waals surface area contributed by atoms with Crippen LogP contribution in [0.25, 0.3) is 0 Å². The Kier molecular flexibility index (Phi) is 1.14. The summed E-state index contributed by atoms with van der Waals surface area (Å²) in [6.45, 7) is 0. The molecule has 4 heteroatoms. The lowest BCUT2D eigenvalue weighted by Gasteiger charge is -1.92. The Morgan fingerprint density at radius 3 is 2.78 bits per heavy atom. The van der Waals surface area contributed by atoms with Gasteiger partial charge in [-0.3, -0.25) is 4.79 Å². The van der Waals surface area contributed by atoms with Crippen LogP contribution in [0.1, 0.15) is 0 Å². The number of H-pyrrole nitrogens is 1. The standard InChI is InChI=1S/C5H6N2O2/c6-3-1-5(9)7-2-4(3)8/h1-2,8H,(H3,6,7,9). The normalized spacial score (nSPS) is 9.33. The number of nitrogens with one attached hydrogen (secondary N) is 1. The lowest BCUT2D eigenvalue weighted by atomic mass is 10.4. The molecule has 0 spiro atoms. The van der Waals surface area contributed by atoms with E-state index in [4.69, 9.17) is 10.8 Å². The van der Waals surface area contributed by atoms with E-state index < -0.39 is 0 Å². The smallest absolute Gasteiger partial charge is 0.250 e. The number of hydrogen-bond donors (Lipinski definition) is 3. The van der Waals surface area contributed by atoms with E-state index in [2.05, 4.69) is 4.98 Å². The molecule has 0 aliphatic heterocycles. The van der Waals surface area contributed by atoms with E-state index in [0.717, 1.165) is 12.3 Å². The molecule has 48 valence electrons. The first-order valence-electron chi connectivity index (χ1n) is 2.37. The summed E-state index contributed by atoms with van der Waals surface area (Å²) >= 11 is 0. The lowest BCUT2D eigenvalue weighted by molar-refractivity contribution is 0.475. The van der Waals surface area contributed by atoms with Crippen LogP contribution in [0.15, 0.2) is 17.1 Å². The molecule has 0 bridgehead atoms. The molecule has 0 aromatic carbocycles. The van der Waals surface area contributed by atoms with Gasteiger partial charge in [0.1, 0.15) is 0 Å². The first-order valence-corrected chi connectivity index (χ1v) is 2.37. The van der Waals surface area contributed by atoms with Crippen LogP contribution < -0.4 is 11.3 Å². The van der Waals surface area contributed by atoms with Crippen molar-refractivity contribution >= 4 is 5.69 Å². The maximum absolute atomic E-state index is 10.4. The van der Waals surface area contributed by atoms with Crippen molar-refractivity contribution in [1.82, 2.24) is 4.98 Å². The van der Waals surface area contributed by atoms with Crippen LogP contribution in [0.3, 0.4) is 0 Å². The first-order chi connectivity index (χ1) is 4.20. The Hall–Kier alpha value is -1.45. The molecule has 0 radical (unpaired) electrons. The highest BCUT2D eigenvalue weighted by Gasteiger charge is 1.92. The summed E-state index contributed by atoms with van der Waals surface area (Å²) in [7, 11) is 0. The maximum atomic E-state index is 10.4. The summed E-state index contributed by atoms with van der Waals surface area (Å²) in [5.74, 6) is -0.102. The average Bonchev–Trinajstić information content (AvgIpc) is 1.80. The second-order valence-electron chi connectivity index (χ2n) is 1.64. The monoisotopic (exact) mass is 126 g/mol. The van der Waals surface area contributed by atoms with Crippen molar-refractivity contribution in [3.63, 3.8) is 0 Å². The number of rotatable bonds is 0. The maximum Gasteiger partial charge on any atom is 0.250 e. The lowest BCUT2D eigenvalue weighted by Crippen LogP contribution is -2.03. The summed E-state index contributed by atoms with van der Waals surface area (Å²) in [5.41, 5.74) is 4.93. The van der Waals surface area contributed by atoms with E-state index in [-0.39, 0.29) is 17.0 Å². The summed E-state index contributed by atoms with van der Waals surface area (Å²) in [4.78, 5) is 12.7. The Labute approximate surface area is 50.9 Å². The van der Waals surface area contributed by atoms with E-state index in [0.29, 0.717) is 0 Å². The molecule has 0 saturated carbocycles. The molecule has 1 aromatic rings. The van der Waals surface area contributed by atoms with Gasteiger partial charge in [0.2, 0.25) is 5.56 Å². The number of aromatic nitrogens is 1. The topological polar surface area (TPSA) is 79.1 Å². The van der Waals surface area contributed by atoms with Crippen molar-refractivity contribution in [3.8, 4) is 5.75 Å². The molecular formula is C5H6N2O2. The molecule has 4 nitrogen and oxygen atoms in total. The van der Waals surface area contributed by atoms with E-state index in [1.807, 2.05) is 0 Å². The average molecular weight is 126 g/mol. The molecule has 1 rings (SSSR count). The molecule has 0 unspecified atom stereocenters. The molecule has 1 aromatic heterocycles. The van der Waals surface area contributed by atoms with E-state index >= 15 is 0 Å². The first kappa shape index (κ1) is 5.68. The van der Waals surface area contributed by atoms with Gasteiger partial charge in [0, 0.05) is 12.3 Å². The number of pyridine rings is 1. The van der Waals surface area contributed by atoms with E-state index in [1.54, 1.807) is 0 Å². The zero-order chi connectivity index (χ0) is 6.85. The summed E-state index contributed by atoms with van der Waals surface area (Å²) in [6.07, 6.45) is 1.15. The summed E-state index contributed by atoms with van der Waals surface area (Å²) in [5, 5.41) is 8.75. The number of anilines is 1. The van der Waals surface area contributed by atoms with Gasteiger partial charge in [-0.15, -0.1) is 0 Å². The number of aromatic amines is 1. The van der Waals surface area contributed by atoms with Crippen LogP contribution in [-0.4, -0.2) is 10.1 Å². The van der Waals surface area contributed by atoms with Gasteiger partial charge in [0.15, 0.2) is 5.75 Å². The molecular weight excluding hydrogens is 120 g/mol. The summed E-state index contributed by atoms with van der Waals surface area (Å²) < 4.78 is 0. The van der Waals surface area contributed by atoms with Gasteiger partial charge < -0.3 is 15.8 Å². The van der Waals surface area contributed by atoms with Crippen molar-refractivity contribution in [2.24, 2.45) is 0 Å². The molecule has 0 fully saturated rings.